The van der Waals surface area contributed by atoms with Gasteiger partial charge in [0.15, 0.2) is 0 Å². The van der Waals surface area contributed by atoms with Gasteiger partial charge in [-0.05, 0) is 43.0 Å². The third kappa shape index (κ3) is 3.80. The summed E-state index contributed by atoms with van der Waals surface area (Å²) in [4.78, 5) is 0. The maximum Gasteiger partial charge on any atom is 0.0408 e. The van der Waals surface area contributed by atoms with E-state index in [-0.39, 0.29) is 0 Å². The molecule has 90 valence electrons. The monoisotopic (exact) mass is 239 g/mol. The molecule has 0 aliphatic rings. The molecule has 0 aliphatic heterocycles. The number of rotatable bonds is 5. The van der Waals surface area contributed by atoms with Crippen molar-refractivity contribution in [3.05, 3.63) is 34.3 Å². The Labute approximate surface area is 104 Å². The normalized spacial score (nSPS) is 14.8. The van der Waals surface area contributed by atoms with Gasteiger partial charge in [0.25, 0.3) is 0 Å². The van der Waals surface area contributed by atoms with Gasteiger partial charge in [-0.15, -0.1) is 0 Å². The Morgan fingerprint density at radius 2 is 2.00 bits per heavy atom. The summed E-state index contributed by atoms with van der Waals surface area (Å²) in [5.74, 6) is 0.715. The van der Waals surface area contributed by atoms with Gasteiger partial charge in [-0.2, -0.15) is 0 Å². The summed E-state index contributed by atoms with van der Waals surface area (Å²) >= 11 is 5.93. The molecule has 1 N–H and O–H groups in total. The minimum absolute atomic E-state index is 0.556. The topological polar surface area (TPSA) is 12.0 Å². The minimum Gasteiger partial charge on any atom is -0.310 e. The lowest BCUT2D eigenvalue weighted by molar-refractivity contribution is 0.389. The van der Waals surface area contributed by atoms with Gasteiger partial charge in [0.2, 0.25) is 0 Å². The summed E-state index contributed by atoms with van der Waals surface area (Å²) in [5.41, 5.74) is 2.59. The van der Waals surface area contributed by atoms with E-state index in [9.17, 15) is 0 Å². The highest BCUT2D eigenvalue weighted by Crippen LogP contribution is 2.15. The first kappa shape index (κ1) is 13.5. The molecule has 0 fully saturated rings. The molecule has 0 aliphatic carbocycles. The Morgan fingerprint density at radius 1 is 1.31 bits per heavy atom. The van der Waals surface area contributed by atoms with E-state index in [0.29, 0.717) is 12.0 Å². The Kier molecular flexibility index (Phi) is 5.30. The van der Waals surface area contributed by atoms with Crippen LogP contribution in [0, 0.1) is 12.8 Å². The van der Waals surface area contributed by atoms with Crippen molar-refractivity contribution in [2.24, 2.45) is 5.92 Å². The third-order valence-electron chi connectivity index (χ3n) is 3.42. The predicted molar refractivity (Wildman–Crippen MR) is 71.9 cm³/mol. The molecule has 0 radical (unpaired) electrons. The SMILES string of the molecule is CCC(C)C(C)NCc1ccc(Cl)cc1C. The lowest BCUT2D eigenvalue weighted by Crippen LogP contribution is -2.31. The van der Waals surface area contributed by atoms with Gasteiger partial charge in [0.1, 0.15) is 0 Å². The standard InChI is InChI=1S/C14H22ClN/c1-5-10(2)12(4)16-9-13-6-7-14(15)8-11(13)3/h6-8,10,12,16H,5,9H2,1-4H3. The molecule has 2 atom stereocenters. The van der Waals surface area contributed by atoms with E-state index in [2.05, 4.69) is 39.1 Å². The Bertz CT molecular complexity index is 336. The van der Waals surface area contributed by atoms with Crippen molar-refractivity contribution in [1.82, 2.24) is 5.32 Å². The van der Waals surface area contributed by atoms with Crippen molar-refractivity contribution in [3.63, 3.8) is 0 Å². The summed E-state index contributed by atoms with van der Waals surface area (Å²) in [6, 6.07) is 6.64. The van der Waals surface area contributed by atoms with Crippen LogP contribution in [0.1, 0.15) is 38.3 Å². The first-order chi connectivity index (χ1) is 7.54. The Balaban J connectivity index is 2.54. The number of nitrogens with one attached hydrogen (secondary N) is 1. The van der Waals surface area contributed by atoms with Crippen molar-refractivity contribution in [3.8, 4) is 0 Å². The van der Waals surface area contributed by atoms with E-state index >= 15 is 0 Å². The van der Waals surface area contributed by atoms with Gasteiger partial charge >= 0.3 is 0 Å². The van der Waals surface area contributed by atoms with Gasteiger partial charge in [0.05, 0.1) is 0 Å². The van der Waals surface area contributed by atoms with E-state index in [1.165, 1.54) is 17.5 Å². The van der Waals surface area contributed by atoms with Crippen LogP contribution in [0.25, 0.3) is 0 Å². The molecule has 2 unspecified atom stereocenters. The highest BCUT2D eigenvalue weighted by atomic mass is 35.5. The molecule has 0 bridgehead atoms. The second-order valence-corrected chi connectivity index (χ2v) is 5.06. The van der Waals surface area contributed by atoms with Crippen molar-refractivity contribution < 1.29 is 0 Å². The molecular weight excluding hydrogens is 218 g/mol. The quantitative estimate of drug-likeness (QED) is 0.813. The molecule has 0 spiro atoms. The molecule has 0 aromatic heterocycles. The average Bonchev–Trinajstić information content (AvgIpc) is 2.26. The lowest BCUT2D eigenvalue weighted by atomic mass is 10.0. The van der Waals surface area contributed by atoms with Crippen molar-refractivity contribution in [2.45, 2.75) is 46.7 Å². The molecule has 2 heteroatoms. The molecule has 0 saturated heterocycles. The van der Waals surface area contributed by atoms with Crippen LogP contribution >= 0.6 is 11.6 Å². The second kappa shape index (κ2) is 6.27. The summed E-state index contributed by atoms with van der Waals surface area (Å²) in [6.45, 7) is 9.80. The molecule has 1 rings (SSSR count). The molecule has 0 heterocycles. The zero-order chi connectivity index (χ0) is 12.1. The Morgan fingerprint density at radius 3 is 2.56 bits per heavy atom. The maximum atomic E-state index is 5.93. The van der Waals surface area contributed by atoms with E-state index in [0.717, 1.165) is 11.6 Å². The minimum atomic E-state index is 0.556. The van der Waals surface area contributed by atoms with E-state index in [1.807, 2.05) is 12.1 Å². The molecular formula is C14H22ClN. The van der Waals surface area contributed by atoms with Crippen LogP contribution in [0.3, 0.4) is 0 Å². The second-order valence-electron chi connectivity index (χ2n) is 4.63. The van der Waals surface area contributed by atoms with Crippen LogP contribution in [0.2, 0.25) is 5.02 Å². The summed E-state index contributed by atoms with van der Waals surface area (Å²) in [6.07, 6.45) is 1.22. The van der Waals surface area contributed by atoms with Crippen LogP contribution < -0.4 is 5.32 Å². The molecule has 1 aromatic carbocycles. The third-order valence-corrected chi connectivity index (χ3v) is 3.65. The fraction of sp³-hybridized carbons (Fsp3) is 0.571. The van der Waals surface area contributed by atoms with Gasteiger partial charge in [0, 0.05) is 17.6 Å². The molecule has 1 nitrogen and oxygen atoms in total. The summed E-state index contributed by atoms with van der Waals surface area (Å²) < 4.78 is 0. The predicted octanol–water partition coefficient (Wildman–Crippen LogP) is 4.17. The van der Waals surface area contributed by atoms with Crippen LogP contribution in [0.5, 0.6) is 0 Å². The highest BCUT2D eigenvalue weighted by molar-refractivity contribution is 6.30. The smallest absolute Gasteiger partial charge is 0.0408 e. The lowest BCUT2D eigenvalue weighted by Gasteiger charge is -2.20. The Hall–Kier alpha value is -0.530. The number of aryl methyl sites for hydroxylation is 1. The van der Waals surface area contributed by atoms with Crippen molar-refractivity contribution in [2.75, 3.05) is 0 Å². The number of hydrogen-bond acceptors (Lipinski definition) is 1. The van der Waals surface area contributed by atoms with Crippen LogP contribution in [0.4, 0.5) is 0 Å². The van der Waals surface area contributed by atoms with Gasteiger partial charge < -0.3 is 5.32 Å². The number of halogens is 1. The fourth-order valence-corrected chi connectivity index (χ4v) is 1.91. The largest absolute Gasteiger partial charge is 0.310 e. The van der Waals surface area contributed by atoms with Crippen molar-refractivity contribution >= 4 is 11.6 Å². The summed E-state index contributed by atoms with van der Waals surface area (Å²) in [7, 11) is 0. The van der Waals surface area contributed by atoms with Gasteiger partial charge in [-0.3, -0.25) is 0 Å². The molecule has 1 aromatic rings. The zero-order valence-corrected chi connectivity index (χ0v) is 11.4. The fourth-order valence-electron chi connectivity index (χ4n) is 1.68. The first-order valence-corrected chi connectivity index (χ1v) is 6.40. The number of benzene rings is 1. The van der Waals surface area contributed by atoms with Crippen LogP contribution in [0.15, 0.2) is 18.2 Å². The van der Waals surface area contributed by atoms with Gasteiger partial charge in [-0.25, -0.2) is 0 Å². The molecule has 0 saturated carbocycles. The summed E-state index contributed by atoms with van der Waals surface area (Å²) in [5, 5.41) is 4.38. The first-order valence-electron chi connectivity index (χ1n) is 6.03. The average molecular weight is 240 g/mol. The highest BCUT2D eigenvalue weighted by Gasteiger charge is 2.09. The molecule has 0 amide bonds. The van der Waals surface area contributed by atoms with Gasteiger partial charge in [-0.1, -0.05) is 37.9 Å². The number of hydrogen-bond donors (Lipinski definition) is 1. The maximum absolute atomic E-state index is 5.93. The van der Waals surface area contributed by atoms with E-state index in [4.69, 9.17) is 11.6 Å². The van der Waals surface area contributed by atoms with E-state index in [1.54, 1.807) is 0 Å². The van der Waals surface area contributed by atoms with Crippen molar-refractivity contribution in [1.29, 1.82) is 0 Å². The molecule has 16 heavy (non-hydrogen) atoms. The van der Waals surface area contributed by atoms with Crippen LogP contribution in [-0.4, -0.2) is 6.04 Å². The zero-order valence-electron chi connectivity index (χ0n) is 10.7. The van der Waals surface area contributed by atoms with E-state index < -0.39 is 0 Å². The van der Waals surface area contributed by atoms with Crippen LogP contribution in [-0.2, 0) is 6.54 Å².